The van der Waals surface area contributed by atoms with E-state index in [2.05, 4.69) is 9.88 Å². The van der Waals surface area contributed by atoms with Crippen LogP contribution in [0.4, 0.5) is 0 Å². The number of aryl methyl sites for hydroxylation is 1. The van der Waals surface area contributed by atoms with Crippen molar-refractivity contribution in [3.05, 3.63) is 18.2 Å². The summed E-state index contributed by atoms with van der Waals surface area (Å²) in [6, 6.07) is 0.0693. The molecule has 6 nitrogen and oxygen atoms in total. The molecule has 1 unspecified atom stereocenters. The van der Waals surface area contributed by atoms with Gasteiger partial charge < -0.3 is 15.2 Å². The van der Waals surface area contributed by atoms with Gasteiger partial charge in [-0.25, -0.2) is 4.98 Å². The van der Waals surface area contributed by atoms with E-state index in [-0.39, 0.29) is 11.9 Å². The Kier molecular flexibility index (Phi) is 5.14. The predicted molar refractivity (Wildman–Crippen MR) is 77.9 cm³/mol. The first-order valence-electron chi connectivity index (χ1n) is 7.26. The first-order chi connectivity index (χ1) is 9.61. The van der Waals surface area contributed by atoms with Gasteiger partial charge >= 0.3 is 0 Å². The highest BCUT2D eigenvalue weighted by atomic mass is 16.2. The molecule has 1 aliphatic rings. The Morgan fingerprint density at radius 2 is 2.20 bits per heavy atom. The molecule has 0 spiro atoms. The second-order valence-corrected chi connectivity index (χ2v) is 5.55. The first-order valence-corrected chi connectivity index (χ1v) is 7.26. The van der Waals surface area contributed by atoms with Gasteiger partial charge in [0.2, 0.25) is 5.91 Å². The van der Waals surface area contributed by atoms with Crippen LogP contribution < -0.4 is 5.73 Å². The molecule has 0 radical (unpaired) electrons. The Labute approximate surface area is 120 Å². The van der Waals surface area contributed by atoms with Crippen LogP contribution in [-0.4, -0.2) is 58.0 Å². The van der Waals surface area contributed by atoms with Crippen molar-refractivity contribution >= 4 is 5.91 Å². The summed E-state index contributed by atoms with van der Waals surface area (Å²) in [6.45, 7) is 3.00. The highest BCUT2D eigenvalue weighted by Gasteiger charge is 2.23. The average molecular weight is 279 g/mol. The number of likely N-dealkylation sites (N-methyl/N-ethyl adjacent to an activating group) is 1. The van der Waals surface area contributed by atoms with Gasteiger partial charge in [-0.05, 0) is 19.9 Å². The molecule has 0 aromatic carbocycles. The maximum atomic E-state index is 12.2. The van der Waals surface area contributed by atoms with Gasteiger partial charge in [-0.2, -0.15) is 0 Å². The molecule has 6 heteroatoms. The monoisotopic (exact) mass is 279 g/mol. The number of hydrogen-bond acceptors (Lipinski definition) is 4. The number of amides is 1. The highest BCUT2D eigenvalue weighted by molar-refractivity contribution is 5.77. The zero-order valence-corrected chi connectivity index (χ0v) is 12.5. The van der Waals surface area contributed by atoms with Crippen molar-refractivity contribution < 1.29 is 4.79 Å². The SMILES string of the molecule is CN(Cc1nccn1C)C(CN)CC(=O)N1CCCC1. The predicted octanol–water partition coefficient (Wildman–Crippen LogP) is 0.192. The smallest absolute Gasteiger partial charge is 0.224 e. The summed E-state index contributed by atoms with van der Waals surface area (Å²) in [7, 11) is 3.98. The zero-order valence-electron chi connectivity index (χ0n) is 12.5. The molecule has 1 amide bonds. The van der Waals surface area contributed by atoms with E-state index in [4.69, 9.17) is 5.73 Å². The van der Waals surface area contributed by atoms with E-state index >= 15 is 0 Å². The normalized spacial score (nSPS) is 16.9. The number of nitrogens with two attached hydrogens (primary N) is 1. The van der Waals surface area contributed by atoms with E-state index in [1.807, 2.05) is 29.8 Å². The molecule has 2 rings (SSSR count). The van der Waals surface area contributed by atoms with Gasteiger partial charge in [0.1, 0.15) is 5.82 Å². The first kappa shape index (κ1) is 15.0. The van der Waals surface area contributed by atoms with E-state index in [9.17, 15) is 4.79 Å². The van der Waals surface area contributed by atoms with Crippen molar-refractivity contribution in [1.29, 1.82) is 0 Å². The van der Waals surface area contributed by atoms with Gasteiger partial charge in [-0.3, -0.25) is 9.69 Å². The highest BCUT2D eigenvalue weighted by Crippen LogP contribution is 2.13. The largest absolute Gasteiger partial charge is 0.343 e. The zero-order chi connectivity index (χ0) is 14.5. The van der Waals surface area contributed by atoms with Crippen LogP contribution in [0.1, 0.15) is 25.1 Å². The van der Waals surface area contributed by atoms with Crippen molar-refractivity contribution in [3.63, 3.8) is 0 Å². The molecule has 0 saturated carbocycles. The quantitative estimate of drug-likeness (QED) is 0.807. The van der Waals surface area contributed by atoms with E-state index in [0.717, 1.165) is 31.8 Å². The van der Waals surface area contributed by atoms with E-state index in [1.165, 1.54) is 0 Å². The Bertz CT molecular complexity index is 439. The molecule has 1 aliphatic heterocycles. The third-order valence-electron chi connectivity index (χ3n) is 4.08. The van der Waals surface area contributed by atoms with Crippen molar-refractivity contribution in [3.8, 4) is 0 Å². The number of likely N-dealkylation sites (tertiary alicyclic amines) is 1. The second kappa shape index (κ2) is 6.85. The van der Waals surface area contributed by atoms with Crippen molar-refractivity contribution in [2.75, 3.05) is 26.7 Å². The van der Waals surface area contributed by atoms with Crippen LogP contribution in [0.3, 0.4) is 0 Å². The molecule has 0 bridgehead atoms. The Balaban J connectivity index is 1.90. The topological polar surface area (TPSA) is 67.4 Å². The lowest BCUT2D eigenvalue weighted by Crippen LogP contribution is -2.42. The molecule has 0 aliphatic carbocycles. The molecule has 1 fully saturated rings. The number of carbonyl (C=O) groups excluding carboxylic acids is 1. The van der Waals surface area contributed by atoms with E-state index < -0.39 is 0 Å². The van der Waals surface area contributed by atoms with Crippen LogP contribution >= 0.6 is 0 Å². The molecule has 2 heterocycles. The maximum absolute atomic E-state index is 12.2. The summed E-state index contributed by atoms with van der Waals surface area (Å²) >= 11 is 0. The fraction of sp³-hybridized carbons (Fsp3) is 0.714. The van der Waals surface area contributed by atoms with Gasteiger partial charge in [0, 0.05) is 51.5 Å². The minimum absolute atomic E-state index is 0.0693. The van der Waals surface area contributed by atoms with Gasteiger partial charge in [-0.1, -0.05) is 0 Å². The number of imidazole rings is 1. The van der Waals surface area contributed by atoms with Crippen LogP contribution in [0, 0.1) is 0 Å². The standard InChI is InChI=1S/C14H25N5O/c1-17-8-5-16-13(17)11-18(2)12(10-15)9-14(20)19-6-3-4-7-19/h5,8,12H,3-4,6-7,9-11,15H2,1-2H3. The number of aromatic nitrogens is 2. The molecule has 1 aromatic rings. The third kappa shape index (κ3) is 3.58. The van der Waals surface area contributed by atoms with Gasteiger partial charge in [0.05, 0.1) is 6.54 Å². The van der Waals surface area contributed by atoms with Crippen LogP contribution in [0.2, 0.25) is 0 Å². The van der Waals surface area contributed by atoms with Crippen molar-refractivity contribution in [1.82, 2.24) is 19.4 Å². The van der Waals surface area contributed by atoms with E-state index in [1.54, 1.807) is 6.20 Å². The summed E-state index contributed by atoms with van der Waals surface area (Å²) in [5, 5.41) is 0. The molecule has 2 N–H and O–H groups in total. The molecule has 1 atom stereocenters. The molecular formula is C14H25N5O. The van der Waals surface area contributed by atoms with E-state index in [0.29, 0.717) is 19.5 Å². The lowest BCUT2D eigenvalue weighted by Gasteiger charge is -2.28. The average Bonchev–Trinajstić information content (AvgIpc) is 3.08. The summed E-state index contributed by atoms with van der Waals surface area (Å²) in [5.74, 6) is 1.21. The third-order valence-corrected chi connectivity index (χ3v) is 4.08. The molecule has 20 heavy (non-hydrogen) atoms. The second-order valence-electron chi connectivity index (χ2n) is 5.55. The van der Waals surface area contributed by atoms with Crippen LogP contribution in [0.25, 0.3) is 0 Å². The van der Waals surface area contributed by atoms with Gasteiger partial charge in [0.15, 0.2) is 0 Å². The molecule has 1 aromatic heterocycles. The Morgan fingerprint density at radius 3 is 2.75 bits per heavy atom. The van der Waals surface area contributed by atoms with Crippen molar-refractivity contribution in [2.24, 2.45) is 12.8 Å². The maximum Gasteiger partial charge on any atom is 0.224 e. The van der Waals surface area contributed by atoms with Crippen molar-refractivity contribution in [2.45, 2.75) is 31.8 Å². The number of hydrogen-bond donors (Lipinski definition) is 1. The lowest BCUT2D eigenvalue weighted by molar-refractivity contribution is -0.131. The summed E-state index contributed by atoms with van der Waals surface area (Å²) in [6.07, 6.45) is 6.47. The molecule has 112 valence electrons. The fourth-order valence-electron chi connectivity index (χ4n) is 2.62. The minimum atomic E-state index is 0.0693. The van der Waals surface area contributed by atoms with Crippen LogP contribution in [0.5, 0.6) is 0 Å². The number of carbonyl (C=O) groups is 1. The summed E-state index contributed by atoms with van der Waals surface area (Å²) in [4.78, 5) is 20.6. The lowest BCUT2D eigenvalue weighted by atomic mass is 10.1. The fourth-order valence-corrected chi connectivity index (χ4v) is 2.62. The molecular weight excluding hydrogens is 254 g/mol. The Morgan fingerprint density at radius 1 is 1.50 bits per heavy atom. The molecule has 1 saturated heterocycles. The summed E-state index contributed by atoms with van der Waals surface area (Å²) < 4.78 is 1.99. The number of nitrogens with zero attached hydrogens (tertiary/aromatic N) is 4. The minimum Gasteiger partial charge on any atom is -0.343 e. The Hall–Kier alpha value is -1.40. The van der Waals surface area contributed by atoms with Crippen LogP contribution in [0.15, 0.2) is 12.4 Å². The van der Waals surface area contributed by atoms with Gasteiger partial charge in [0.25, 0.3) is 0 Å². The summed E-state index contributed by atoms with van der Waals surface area (Å²) in [5.41, 5.74) is 5.85. The van der Waals surface area contributed by atoms with Gasteiger partial charge in [-0.15, -0.1) is 0 Å². The number of rotatable bonds is 6. The van der Waals surface area contributed by atoms with Crippen LogP contribution in [-0.2, 0) is 18.4 Å².